The normalized spacial score (nSPS) is 8.00. The molecule has 0 aromatic rings. The number of carbonyl (C=O) groups is 2. The highest BCUT2D eigenvalue weighted by molar-refractivity contribution is 5.88. The van der Waals surface area contributed by atoms with E-state index in [1.54, 1.807) is 0 Å². The molecule has 40 valence electrons. The van der Waals surface area contributed by atoms with E-state index in [0.717, 1.165) is 0 Å². The van der Waals surface area contributed by atoms with Crippen molar-refractivity contribution in [2.24, 2.45) is 0 Å². The molecule has 0 atom stereocenters. The topological polar surface area (TPSA) is 74.6 Å². The Morgan fingerprint density at radius 3 is 1.43 bits per heavy atom. The summed E-state index contributed by atoms with van der Waals surface area (Å²) in [4.78, 5) is 18.9. The molecule has 4 nitrogen and oxygen atoms in total. The van der Waals surface area contributed by atoms with E-state index in [1.165, 1.54) is 0 Å². The molecule has 0 amide bonds. The fraction of sp³-hybridized carbons (Fsp3) is 0.333. The summed E-state index contributed by atoms with van der Waals surface area (Å²) in [7, 11) is 0. The molecular weight excluding hydrogens is 102 g/mol. The molecule has 0 spiro atoms. The Hall–Kier alpha value is -1.06. The van der Waals surface area contributed by atoms with Gasteiger partial charge in [-0.15, -0.1) is 0 Å². The third-order valence-corrected chi connectivity index (χ3v) is 0.302. The molecule has 0 aliphatic rings. The van der Waals surface area contributed by atoms with Gasteiger partial charge in [0.05, 0.1) is 0 Å². The van der Waals surface area contributed by atoms with E-state index in [1.807, 2.05) is 0 Å². The first-order valence-corrected chi connectivity index (χ1v) is 1.56. The second-order valence-corrected chi connectivity index (χ2v) is 0.964. The largest absolute Gasteiger partial charge is 0.481 e. The van der Waals surface area contributed by atoms with E-state index in [2.05, 4.69) is 0 Å². The lowest BCUT2D eigenvalue weighted by atomic mass is 10.9. The van der Waals surface area contributed by atoms with E-state index in [4.69, 9.17) is 10.2 Å². The molecular formula is C3H4O4. The van der Waals surface area contributed by atoms with Crippen LogP contribution in [-0.2, 0) is 9.59 Å². The Bertz CT molecular complexity index is 83.1. The van der Waals surface area contributed by atoms with E-state index in [-0.39, 0.29) is 0 Å². The first-order valence-electron chi connectivity index (χ1n) is 1.56. The maximum atomic E-state index is 9.43. The van der Waals surface area contributed by atoms with Crippen LogP contribution in [0.5, 0.6) is 0 Å². The summed E-state index contributed by atoms with van der Waals surface area (Å²) in [6.07, 6.45) is -0.806. The molecule has 0 saturated heterocycles. The van der Waals surface area contributed by atoms with Crippen molar-refractivity contribution < 1.29 is 19.8 Å². The number of carboxylic acid groups (broad SMARTS) is 2. The summed E-state index contributed by atoms with van der Waals surface area (Å²) in [5.41, 5.74) is 0. The van der Waals surface area contributed by atoms with Gasteiger partial charge in [0.25, 0.3) is 0 Å². The van der Waals surface area contributed by atoms with Crippen molar-refractivity contribution in [1.82, 2.24) is 0 Å². The van der Waals surface area contributed by atoms with Gasteiger partial charge in [-0.3, -0.25) is 9.59 Å². The smallest absolute Gasteiger partial charge is 0.314 e. The molecule has 0 aromatic carbocycles. The van der Waals surface area contributed by atoms with Crippen LogP contribution >= 0.6 is 0 Å². The van der Waals surface area contributed by atoms with Crippen molar-refractivity contribution >= 4 is 11.9 Å². The third-order valence-electron chi connectivity index (χ3n) is 0.302. The van der Waals surface area contributed by atoms with Crippen molar-refractivity contribution in [2.75, 3.05) is 0 Å². The second kappa shape index (κ2) is 2.17. The average molecular weight is 106 g/mol. The van der Waals surface area contributed by atoms with Gasteiger partial charge in [0.1, 0.15) is 6.42 Å². The summed E-state index contributed by atoms with van der Waals surface area (Å²) in [5, 5.41) is 15.4. The van der Waals surface area contributed by atoms with Gasteiger partial charge in [0, 0.05) is 0 Å². The predicted molar refractivity (Wildman–Crippen MR) is 19.9 cm³/mol. The molecule has 0 bridgehead atoms. The van der Waals surface area contributed by atoms with Crippen LogP contribution in [-0.4, -0.2) is 22.2 Å². The zero-order valence-electron chi connectivity index (χ0n) is 3.42. The van der Waals surface area contributed by atoms with E-state index in [0.29, 0.717) is 0 Å². The van der Waals surface area contributed by atoms with Gasteiger partial charge in [-0.25, -0.2) is 0 Å². The van der Waals surface area contributed by atoms with E-state index >= 15 is 0 Å². The lowest BCUT2D eigenvalue weighted by Crippen LogP contribution is -2.03. The summed E-state index contributed by atoms with van der Waals surface area (Å²) in [6, 6.07) is 0. The van der Waals surface area contributed by atoms with Crippen LogP contribution in [0, 0.1) is 0 Å². The Morgan fingerprint density at radius 2 is 1.43 bits per heavy atom. The zero-order chi connectivity index (χ0) is 5.86. The second-order valence-electron chi connectivity index (χ2n) is 0.964. The van der Waals surface area contributed by atoms with Crippen LogP contribution < -0.4 is 0 Å². The van der Waals surface area contributed by atoms with Crippen LogP contribution in [0.4, 0.5) is 0 Å². The first kappa shape index (κ1) is 5.94. The van der Waals surface area contributed by atoms with Crippen LogP contribution in [0.25, 0.3) is 0 Å². The Morgan fingerprint density at radius 1 is 1.14 bits per heavy atom. The third kappa shape index (κ3) is 4.94. The highest BCUT2D eigenvalue weighted by Crippen LogP contribution is 1.74. The maximum absolute atomic E-state index is 9.43. The lowest BCUT2D eigenvalue weighted by Gasteiger charge is -1.80. The van der Waals surface area contributed by atoms with Gasteiger partial charge < -0.3 is 10.2 Å². The number of hydrogen-bond acceptors (Lipinski definition) is 2. The maximum Gasteiger partial charge on any atom is 0.314 e. The molecule has 0 radical (unpaired) electrons. The minimum atomic E-state index is -1.31. The van der Waals surface area contributed by atoms with Crippen molar-refractivity contribution in [3.8, 4) is 0 Å². The molecule has 7 heavy (non-hydrogen) atoms. The van der Waals surface area contributed by atoms with Gasteiger partial charge in [-0.05, 0) is 0 Å². The molecule has 0 rings (SSSR count). The number of rotatable bonds is 2. The molecule has 0 aromatic heterocycles. The first-order chi connectivity index (χ1) is 3.13. The minimum absolute atomic E-state index is 0.806. The molecule has 0 aliphatic heterocycles. The zero-order valence-corrected chi connectivity index (χ0v) is 3.42. The molecule has 4 heteroatoms. The van der Waals surface area contributed by atoms with E-state index < -0.39 is 18.4 Å². The van der Waals surface area contributed by atoms with Gasteiger partial charge in [0.2, 0.25) is 0 Å². The molecule has 0 unspecified atom stereocenters. The highest BCUT2D eigenvalue weighted by Gasteiger charge is 2.01. The number of hydrogen-bond donors (Lipinski definition) is 2. The predicted octanol–water partition coefficient (Wildman–Crippen LogP) is -0.454. The Labute approximate surface area is 39.4 Å². The Kier molecular flexibility index (Phi) is 1.84. The van der Waals surface area contributed by atoms with Gasteiger partial charge in [-0.2, -0.15) is 0 Å². The quantitative estimate of drug-likeness (QED) is 0.369. The summed E-state index contributed by atoms with van der Waals surface area (Å²) < 4.78 is 0. The average Bonchev–Trinajstić information content (AvgIpc) is 1.27. The van der Waals surface area contributed by atoms with Crippen LogP contribution in [0.1, 0.15) is 6.42 Å². The molecule has 0 saturated carbocycles. The van der Waals surface area contributed by atoms with Crippen molar-refractivity contribution in [3.05, 3.63) is 0 Å². The summed E-state index contributed by atoms with van der Waals surface area (Å²) in [6.45, 7) is 0. The molecule has 0 heterocycles. The van der Waals surface area contributed by atoms with Crippen LogP contribution in [0.2, 0.25) is 0 Å². The SMILES string of the molecule is O=[13C](O)C[13C](=O)O. The summed E-state index contributed by atoms with van der Waals surface area (Å²) in [5.74, 6) is -2.62. The fourth-order valence-electron chi connectivity index (χ4n) is 0.129. The van der Waals surface area contributed by atoms with Crippen molar-refractivity contribution in [1.29, 1.82) is 0 Å². The summed E-state index contributed by atoms with van der Waals surface area (Å²) >= 11 is 0. The monoisotopic (exact) mass is 106 g/mol. The minimum Gasteiger partial charge on any atom is -0.481 e. The Balaban J connectivity index is 3.32. The van der Waals surface area contributed by atoms with Crippen molar-refractivity contribution in [3.63, 3.8) is 0 Å². The van der Waals surface area contributed by atoms with Crippen molar-refractivity contribution in [2.45, 2.75) is 6.42 Å². The standard InChI is InChI=1S/C3H4O4/c4-2(5)1-3(6)7/h1H2,(H,4,5)(H,6,7)/i2+1,3+1. The van der Waals surface area contributed by atoms with Crippen LogP contribution in [0.15, 0.2) is 0 Å². The number of aliphatic carboxylic acids is 2. The molecule has 2 N–H and O–H groups in total. The van der Waals surface area contributed by atoms with Gasteiger partial charge in [0.15, 0.2) is 0 Å². The lowest BCUT2D eigenvalue weighted by molar-refractivity contribution is -0.147. The van der Waals surface area contributed by atoms with Gasteiger partial charge >= 0.3 is 11.9 Å². The molecule has 0 fully saturated rings. The molecule has 0 aliphatic carbocycles. The van der Waals surface area contributed by atoms with Crippen LogP contribution in [0.3, 0.4) is 0 Å². The van der Waals surface area contributed by atoms with Gasteiger partial charge in [-0.1, -0.05) is 0 Å². The van der Waals surface area contributed by atoms with E-state index in [9.17, 15) is 9.59 Å². The fourth-order valence-corrected chi connectivity index (χ4v) is 0.129. The highest BCUT2D eigenvalue weighted by atomic mass is 16.5. The number of carboxylic acids is 2.